The van der Waals surface area contributed by atoms with Crippen molar-refractivity contribution < 1.29 is 4.79 Å². The molecule has 0 bridgehead atoms. The molecule has 1 saturated heterocycles. The maximum Gasteiger partial charge on any atom is 0.236 e. The summed E-state index contributed by atoms with van der Waals surface area (Å²) in [6.45, 7) is 4.83. The number of hydrogen-bond acceptors (Lipinski definition) is 5. The number of aromatic nitrogens is 4. The average molecular weight is 562 g/mol. The Morgan fingerprint density at radius 3 is 2.50 bits per heavy atom. The Morgan fingerprint density at radius 1 is 0.952 bits per heavy atom. The minimum Gasteiger partial charge on any atom is -0.368 e. The molecule has 3 heterocycles. The van der Waals surface area contributed by atoms with E-state index in [2.05, 4.69) is 99.6 Å². The fraction of sp³-hybridized carbons (Fsp3) is 0.324. The van der Waals surface area contributed by atoms with Crippen LogP contribution in [0.1, 0.15) is 46.9 Å². The van der Waals surface area contributed by atoms with Gasteiger partial charge in [-0.1, -0.05) is 79.7 Å². The van der Waals surface area contributed by atoms with E-state index < -0.39 is 6.04 Å². The van der Waals surface area contributed by atoms with Crippen LogP contribution in [0.3, 0.4) is 0 Å². The number of primary amides is 1. The molecule has 0 saturated carbocycles. The zero-order valence-corrected chi connectivity index (χ0v) is 24.2. The Morgan fingerprint density at radius 2 is 1.71 bits per heavy atom. The molecule has 1 unspecified atom stereocenters. The first kappa shape index (κ1) is 27.9. The summed E-state index contributed by atoms with van der Waals surface area (Å²) in [5.74, 6) is 1.50. The third-order valence-corrected chi connectivity index (χ3v) is 8.51. The van der Waals surface area contributed by atoms with Gasteiger partial charge in [0.2, 0.25) is 5.91 Å². The number of piperazine rings is 1. The van der Waals surface area contributed by atoms with E-state index in [0.29, 0.717) is 26.1 Å². The molecule has 4 N–H and O–H groups in total. The molecule has 216 valence electrons. The molecule has 1 fully saturated rings. The fourth-order valence-corrected chi connectivity index (χ4v) is 6.14. The van der Waals surface area contributed by atoms with Crippen LogP contribution in [-0.2, 0) is 37.0 Å². The normalized spacial score (nSPS) is 16.5. The molecule has 1 aliphatic heterocycles. The first-order chi connectivity index (χ1) is 20.6. The van der Waals surface area contributed by atoms with Gasteiger partial charge in [0.15, 0.2) is 5.82 Å². The van der Waals surface area contributed by atoms with Crippen LogP contribution in [0.4, 0.5) is 0 Å². The van der Waals surface area contributed by atoms with Crippen molar-refractivity contribution in [2.45, 2.75) is 51.2 Å². The van der Waals surface area contributed by atoms with Crippen LogP contribution in [-0.4, -0.2) is 56.2 Å². The minimum atomic E-state index is -0.435. The van der Waals surface area contributed by atoms with Crippen molar-refractivity contribution in [3.05, 3.63) is 119 Å². The van der Waals surface area contributed by atoms with Gasteiger partial charge in [0.25, 0.3) is 0 Å². The van der Waals surface area contributed by atoms with E-state index in [9.17, 15) is 4.79 Å². The number of fused-ring (bicyclic) bond motifs is 1. The van der Waals surface area contributed by atoms with E-state index in [0.717, 1.165) is 43.0 Å². The fourth-order valence-electron chi connectivity index (χ4n) is 6.14. The van der Waals surface area contributed by atoms with Crippen LogP contribution in [0.15, 0.2) is 85.1 Å². The zero-order valence-electron chi connectivity index (χ0n) is 24.2. The molecule has 3 aromatic carbocycles. The van der Waals surface area contributed by atoms with Gasteiger partial charge in [-0.3, -0.25) is 9.69 Å². The third kappa shape index (κ3) is 6.00. The highest BCUT2D eigenvalue weighted by Gasteiger charge is 2.36. The monoisotopic (exact) mass is 561 g/mol. The summed E-state index contributed by atoms with van der Waals surface area (Å²) in [6.07, 6.45) is 5.41. The Balaban J connectivity index is 1.42. The van der Waals surface area contributed by atoms with Gasteiger partial charge < -0.3 is 20.6 Å². The van der Waals surface area contributed by atoms with E-state index in [4.69, 9.17) is 15.9 Å². The molecule has 1 amide bonds. The van der Waals surface area contributed by atoms with Crippen molar-refractivity contribution in [1.82, 2.24) is 30.0 Å². The lowest BCUT2D eigenvalue weighted by Gasteiger charge is -2.39. The number of aromatic amines is 1. The smallest absolute Gasteiger partial charge is 0.236 e. The van der Waals surface area contributed by atoms with Crippen LogP contribution >= 0.6 is 0 Å². The van der Waals surface area contributed by atoms with Crippen molar-refractivity contribution >= 4 is 16.8 Å². The van der Waals surface area contributed by atoms with E-state index in [1.54, 1.807) is 0 Å². The summed E-state index contributed by atoms with van der Waals surface area (Å²) in [6, 6.07) is 27.0. The van der Waals surface area contributed by atoms with Crippen LogP contribution in [0, 0.1) is 0 Å². The molecule has 42 heavy (non-hydrogen) atoms. The molecule has 8 heteroatoms. The summed E-state index contributed by atoms with van der Waals surface area (Å²) >= 11 is 0. The highest BCUT2D eigenvalue weighted by molar-refractivity contribution is 5.83. The molecule has 0 radical (unpaired) electrons. The van der Waals surface area contributed by atoms with Gasteiger partial charge in [-0.2, -0.15) is 0 Å². The second kappa shape index (κ2) is 12.7. The Hall–Kier alpha value is -4.27. The Bertz CT molecular complexity index is 1620. The number of rotatable bonds is 11. The lowest BCUT2D eigenvalue weighted by molar-refractivity contribution is -0.125. The third-order valence-electron chi connectivity index (χ3n) is 8.51. The minimum absolute atomic E-state index is 0.184. The van der Waals surface area contributed by atoms with Crippen molar-refractivity contribution in [3.8, 4) is 0 Å². The number of carbonyl (C=O) groups is 1. The highest BCUT2D eigenvalue weighted by atomic mass is 16.1. The number of carbonyl (C=O) groups excluding carboxylic acids is 1. The Labute approximate surface area is 247 Å². The molecule has 1 aliphatic rings. The SMILES string of the molecule is CCc1ccc(Cn2c(CCc3ccccc3)nnc2C(Cc2c[nH]c3ccccc23)N2CCNC[C@@H]2C(N)=O)cc1. The second-order valence-electron chi connectivity index (χ2n) is 11.2. The molecule has 2 atom stereocenters. The number of hydrogen-bond donors (Lipinski definition) is 3. The van der Waals surface area contributed by atoms with Crippen LogP contribution in [0.5, 0.6) is 0 Å². The van der Waals surface area contributed by atoms with E-state index in [1.807, 2.05) is 12.1 Å². The van der Waals surface area contributed by atoms with Crippen LogP contribution < -0.4 is 11.1 Å². The quantitative estimate of drug-likeness (QED) is 0.224. The summed E-state index contributed by atoms with van der Waals surface area (Å²) in [7, 11) is 0. The Kier molecular flexibility index (Phi) is 8.44. The molecular weight excluding hydrogens is 522 g/mol. The van der Waals surface area contributed by atoms with Gasteiger partial charge in [0, 0.05) is 43.2 Å². The average Bonchev–Trinajstić information content (AvgIpc) is 3.63. The van der Waals surface area contributed by atoms with E-state index in [-0.39, 0.29) is 11.9 Å². The summed E-state index contributed by atoms with van der Waals surface area (Å²) in [5.41, 5.74) is 12.0. The number of aryl methyl sites for hydroxylation is 3. The van der Waals surface area contributed by atoms with Crippen LogP contribution in [0.2, 0.25) is 0 Å². The number of nitrogens with zero attached hydrogens (tertiary/aromatic N) is 4. The van der Waals surface area contributed by atoms with Crippen molar-refractivity contribution in [1.29, 1.82) is 0 Å². The zero-order chi connectivity index (χ0) is 28.9. The molecule has 6 rings (SSSR count). The highest BCUT2D eigenvalue weighted by Crippen LogP contribution is 2.31. The number of benzene rings is 3. The topological polar surface area (TPSA) is 105 Å². The van der Waals surface area contributed by atoms with Crippen molar-refractivity contribution in [3.63, 3.8) is 0 Å². The molecular formula is C34H39N7O. The number of H-pyrrole nitrogens is 1. The van der Waals surface area contributed by atoms with Crippen molar-refractivity contribution in [2.75, 3.05) is 19.6 Å². The second-order valence-corrected chi connectivity index (χ2v) is 11.2. The van der Waals surface area contributed by atoms with Crippen LogP contribution in [0.25, 0.3) is 10.9 Å². The van der Waals surface area contributed by atoms with E-state index in [1.165, 1.54) is 27.6 Å². The van der Waals surface area contributed by atoms with Gasteiger partial charge in [0.05, 0.1) is 12.6 Å². The molecule has 0 aliphatic carbocycles. The van der Waals surface area contributed by atoms with Gasteiger partial charge >= 0.3 is 0 Å². The van der Waals surface area contributed by atoms with E-state index >= 15 is 0 Å². The first-order valence-corrected chi connectivity index (χ1v) is 14.9. The molecule has 5 aromatic rings. The summed E-state index contributed by atoms with van der Waals surface area (Å²) in [4.78, 5) is 18.4. The predicted molar refractivity (Wildman–Crippen MR) is 166 cm³/mol. The molecule has 8 nitrogen and oxygen atoms in total. The maximum atomic E-state index is 12.7. The summed E-state index contributed by atoms with van der Waals surface area (Å²) < 4.78 is 2.28. The van der Waals surface area contributed by atoms with Gasteiger partial charge in [-0.25, -0.2) is 0 Å². The molecule has 2 aromatic heterocycles. The van der Waals surface area contributed by atoms with Gasteiger partial charge in [-0.05, 0) is 47.6 Å². The predicted octanol–water partition coefficient (Wildman–Crippen LogP) is 4.20. The lowest BCUT2D eigenvalue weighted by atomic mass is 9.99. The standard InChI is InChI=1S/C34H39N7O/c1-2-24-12-14-26(15-13-24)23-41-32(17-16-25-8-4-3-5-9-25)38-39-34(41)30(40-19-18-36-22-31(40)33(35)42)20-27-21-37-29-11-7-6-10-28(27)29/h3-15,21,30-31,36-37H,2,16-20,22-23H2,1H3,(H2,35,42)/t30?,31-/m1/s1. The first-order valence-electron chi connectivity index (χ1n) is 14.9. The number of para-hydroxylation sites is 1. The maximum absolute atomic E-state index is 12.7. The summed E-state index contributed by atoms with van der Waals surface area (Å²) in [5, 5.41) is 14.2. The number of amides is 1. The molecule has 0 spiro atoms. The largest absolute Gasteiger partial charge is 0.368 e. The number of nitrogens with one attached hydrogen (secondary N) is 2. The van der Waals surface area contributed by atoms with Gasteiger partial charge in [-0.15, -0.1) is 10.2 Å². The van der Waals surface area contributed by atoms with Crippen molar-refractivity contribution in [2.24, 2.45) is 5.73 Å². The van der Waals surface area contributed by atoms with Gasteiger partial charge in [0.1, 0.15) is 11.9 Å². The lowest BCUT2D eigenvalue weighted by Crippen LogP contribution is -2.58. The number of nitrogens with two attached hydrogens (primary N) is 1.